The molecule has 3 aromatic carbocycles. The predicted octanol–water partition coefficient (Wildman–Crippen LogP) is 4.62. The van der Waals surface area contributed by atoms with Gasteiger partial charge in [-0.3, -0.25) is 14.9 Å². The molecule has 0 aliphatic carbocycles. The quantitative estimate of drug-likeness (QED) is 0.177. The maximum atomic E-state index is 13.8. The highest BCUT2D eigenvalue weighted by atomic mass is 127. The van der Waals surface area contributed by atoms with Crippen molar-refractivity contribution in [3.63, 3.8) is 0 Å². The number of amides is 1. The van der Waals surface area contributed by atoms with Crippen molar-refractivity contribution in [1.82, 2.24) is 5.43 Å². The normalized spacial score (nSPS) is 10.8. The topological polar surface area (TPSA) is 103 Å². The molecule has 0 bridgehead atoms. The van der Waals surface area contributed by atoms with E-state index in [1.807, 2.05) is 0 Å². The van der Waals surface area contributed by atoms with Gasteiger partial charge in [0.1, 0.15) is 12.4 Å². The monoisotopic (exact) mass is 563 g/mol. The van der Waals surface area contributed by atoms with Crippen molar-refractivity contribution in [3.05, 3.63) is 96.9 Å². The average Bonchev–Trinajstić information content (AvgIpc) is 2.79. The Labute approximate surface area is 202 Å². The molecular formula is C23H19FIN3O5. The van der Waals surface area contributed by atoms with Gasteiger partial charge in [0.25, 0.3) is 5.69 Å². The van der Waals surface area contributed by atoms with E-state index in [1.54, 1.807) is 36.4 Å². The number of nitro benzene ring substituents is 1. The number of ether oxygens (including phenoxy) is 2. The molecule has 0 atom stereocenters. The van der Waals surface area contributed by atoms with Crippen molar-refractivity contribution < 1.29 is 23.6 Å². The third kappa shape index (κ3) is 6.48. The second kappa shape index (κ2) is 11.4. The Kier molecular flexibility index (Phi) is 8.30. The second-order valence-electron chi connectivity index (χ2n) is 6.77. The number of benzene rings is 3. The van der Waals surface area contributed by atoms with Crippen LogP contribution in [0.5, 0.6) is 11.5 Å². The number of hydrazone groups is 1. The number of para-hydroxylation sites is 1. The molecule has 3 rings (SSSR count). The lowest BCUT2D eigenvalue weighted by molar-refractivity contribution is -0.385. The van der Waals surface area contributed by atoms with Gasteiger partial charge in [0.15, 0.2) is 11.5 Å². The summed E-state index contributed by atoms with van der Waals surface area (Å²) in [5.74, 6) is 0.0312. The van der Waals surface area contributed by atoms with E-state index >= 15 is 0 Å². The van der Waals surface area contributed by atoms with Gasteiger partial charge in [-0.15, -0.1) is 0 Å². The summed E-state index contributed by atoms with van der Waals surface area (Å²) >= 11 is 2.06. The van der Waals surface area contributed by atoms with Crippen LogP contribution in [0.15, 0.2) is 65.8 Å². The van der Waals surface area contributed by atoms with E-state index < -0.39 is 10.8 Å². The van der Waals surface area contributed by atoms with Crippen LogP contribution in [-0.4, -0.2) is 24.2 Å². The highest BCUT2D eigenvalue weighted by Crippen LogP contribution is 2.34. The van der Waals surface area contributed by atoms with Crippen molar-refractivity contribution in [2.75, 3.05) is 7.11 Å². The van der Waals surface area contributed by atoms with E-state index in [0.29, 0.717) is 31.8 Å². The molecular weight excluding hydrogens is 544 g/mol. The zero-order valence-corrected chi connectivity index (χ0v) is 19.6. The summed E-state index contributed by atoms with van der Waals surface area (Å²) in [5.41, 5.74) is 3.58. The van der Waals surface area contributed by atoms with Gasteiger partial charge < -0.3 is 9.47 Å². The molecule has 8 nitrogen and oxygen atoms in total. The number of hydrogen-bond donors (Lipinski definition) is 1. The van der Waals surface area contributed by atoms with Crippen LogP contribution in [0.25, 0.3) is 0 Å². The van der Waals surface area contributed by atoms with Gasteiger partial charge in [0.2, 0.25) is 5.91 Å². The highest BCUT2D eigenvalue weighted by Gasteiger charge is 2.15. The summed E-state index contributed by atoms with van der Waals surface area (Å²) in [6.45, 7) is 0.0359. The first-order valence-corrected chi connectivity index (χ1v) is 10.7. The molecule has 0 heterocycles. The number of nitro groups is 1. The maximum absolute atomic E-state index is 13.8. The minimum atomic E-state index is -0.532. The van der Waals surface area contributed by atoms with Crippen molar-refractivity contribution in [1.29, 1.82) is 0 Å². The Bertz CT molecular complexity index is 1200. The Morgan fingerprint density at radius 1 is 1.18 bits per heavy atom. The molecule has 0 saturated carbocycles. The molecule has 0 aliphatic rings. The molecule has 0 unspecified atom stereocenters. The van der Waals surface area contributed by atoms with Gasteiger partial charge in [0, 0.05) is 17.2 Å². The van der Waals surface area contributed by atoms with Crippen LogP contribution in [0.1, 0.15) is 16.7 Å². The Balaban J connectivity index is 1.66. The molecule has 170 valence electrons. The van der Waals surface area contributed by atoms with Crippen LogP contribution in [0.4, 0.5) is 10.1 Å². The molecule has 0 spiro atoms. The minimum Gasteiger partial charge on any atom is -0.493 e. The summed E-state index contributed by atoms with van der Waals surface area (Å²) in [4.78, 5) is 22.7. The zero-order chi connectivity index (χ0) is 23.8. The Morgan fingerprint density at radius 2 is 1.88 bits per heavy atom. The molecule has 1 N–H and O–H groups in total. The fourth-order valence-electron chi connectivity index (χ4n) is 2.95. The number of rotatable bonds is 9. The molecule has 33 heavy (non-hydrogen) atoms. The van der Waals surface area contributed by atoms with E-state index in [4.69, 9.17) is 9.47 Å². The van der Waals surface area contributed by atoms with E-state index in [-0.39, 0.29) is 24.5 Å². The smallest absolute Gasteiger partial charge is 0.273 e. The molecule has 1 amide bonds. The molecule has 0 fully saturated rings. The summed E-state index contributed by atoms with van der Waals surface area (Å²) in [7, 11) is 1.48. The Morgan fingerprint density at radius 3 is 2.58 bits per heavy atom. The number of hydrogen-bond acceptors (Lipinski definition) is 6. The number of carbonyl (C=O) groups is 1. The summed E-state index contributed by atoms with van der Waals surface area (Å²) in [6, 6.07) is 15.8. The van der Waals surface area contributed by atoms with Crippen LogP contribution in [0.3, 0.4) is 0 Å². The van der Waals surface area contributed by atoms with Crippen LogP contribution in [-0.2, 0) is 17.8 Å². The molecule has 0 aliphatic heterocycles. The number of nitrogens with zero attached hydrogens (tertiary/aromatic N) is 2. The van der Waals surface area contributed by atoms with Crippen molar-refractivity contribution in [2.45, 2.75) is 13.0 Å². The molecule has 0 aromatic heterocycles. The third-order valence-corrected chi connectivity index (χ3v) is 5.33. The van der Waals surface area contributed by atoms with Gasteiger partial charge >= 0.3 is 0 Å². The maximum Gasteiger partial charge on any atom is 0.273 e. The fourth-order valence-corrected chi connectivity index (χ4v) is 3.73. The zero-order valence-electron chi connectivity index (χ0n) is 17.5. The largest absolute Gasteiger partial charge is 0.493 e. The standard InChI is InChI=1S/C23H19FIN3O5/c1-32-21-11-15(10-19(25)23(21)33-14-17-7-2-4-8-18(17)24)13-26-27-22(29)12-16-6-3-5-9-20(16)28(30)31/h2-11,13H,12,14H2,1H3,(H,27,29)/b26-13+. The van der Waals surface area contributed by atoms with Crippen molar-refractivity contribution in [3.8, 4) is 11.5 Å². The molecule has 0 saturated heterocycles. The predicted molar refractivity (Wildman–Crippen MR) is 129 cm³/mol. The third-order valence-electron chi connectivity index (χ3n) is 4.52. The Hall–Kier alpha value is -3.54. The van der Waals surface area contributed by atoms with Gasteiger partial charge in [-0.2, -0.15) is 5.10 Å². The van der Waals surface area contributed by atoms with Crippen LogP contribution < -0.4 is 14.9 Å². The summed E-state index contributed by atoms with van der Waals surface area (Å²) in [5, 5.41) is 15.0. The van der Waals surface area contributed by atoms with Crippen molar-refractivity contribution >= 4 is 40.4 Å². The van der Waals surface area contributed by atoms with Gasteiger partial charge in [-0.25, -0.2) is 9.82 Å². The summed E-state index contributed by atoms with van der Waals surface area (Å²) in [6.07, 6.45) is 1.24. The summed E-state index contributed by atoms with van der Waals surface area (Å²) < 4.78 is 25.7. The lowest BCUT2D eigenvalue weighted by Gasteiger charge is -2.14. The first kappa shape index (κ1) is 24.1. The van der Waals surface area contributed by atoms with Gasteiger partial charge in [0.05, 0.1) is 28.2 Å². The minimum absolute atomic E-state index is 0.0359. The first-order valence-electron chi connectivity index (χ1n) is 9.67. The SMILES string of the molecule is COc1cc(/C=N/NC(=O)Cc2ccccc2[N+](=O)[O-])cc(I)c1OCc1ccccc1F. The van der Waals surface area contributed by atoms with Gasteiger partial charge in [-0.05, 0) is 46.4 Å². The highest BCUT2D eigenvalue weighted by molar-refractivity contribution is 14.1. The van der Waals surface area contributed by atoms with E-state index in [0.717, 1.165) is 0 Å². The number of halogens is 2. The molecule has 10 heteroatoms. The second-order valence-corrected chi connectivity index (χ2v) is 7.93. The van der Waals surface area contributed by atoms with E-state index in [9.17, 15) is 19.3 Å². The molecule has 0 radical (unpaired) electrons. The number of carbonyl (C=O) groups excluding carboxylic acids is 1. The van der Waals surface area contributed by atoms with Crippen LogP contribution in [0, 0.1) is 19.5 Å². The van der Waals surface area contributed by atoms with Crippen LogP contribution >= 0.6 is 22.6 Å². The number of nitrogens with one attached hydrogen (secondary N) is 1. The van der Waals surface area contributed by atoms with E-state index in [2.05, 4.69) is 33.1 Å². The first-order chi connectivity index (χ1) is 15.9. The van der Waals surface area contributed by atoms with E-state index in [1.165, 1.54) is 37.6 Å². The fraction of sp³-hybridized carbons (Fsp3) is 0.130. The number of methoxy groups -OCH3 is 1. The van der Waals surface area contributed by atoms with Crippen LogP contribution in [0.2, 0.25) is 0 Å². The lowest BCUT2D eigenvalue weighted by atomic mass is 10.1. The average molecular weight is 563 g/mol. The van der Waals surface area contributed by atoms with Crippen molar-refractivity contribution in [2.24, 2.45) is 5.10 Å². The van der Waals surface area contributed by atoms with Gasteiger partial charge in [-0.1, -0.05) is 36.4 Å². The lowest BCUT2D eigenvalue weighted by Crippen LogP contribution is -2.20. The molecule has 3 aromatic rings.